The summed E-state index contributed by atoms with van der Waals surface area (Å²) in [5, 5.41) is 2.89. The van der Waals surface area contributed by atoms with Crippen LogP contribution in [0.3, 0.4) is 0 Å². The molecule has 0 radical (unpaired) electrons. The molecule has 2 aromatic carbocycles. The molecule has 0 saturated heterocycles. The second-order valence-corrected chi connectivity index (χ2v) is 15.3. The Hall–Kier alpha value is -2.83. The van der Waals surface area contributed by atoms with Crippen LogP contribution in [0.2, 0.25) is 0 Å². The highest BCUT2D eigenvalue weighted by atomic mass is 31.1. The highest BCUT2D eigenvalue weighted by Gasteiger charge is 2.33. The lowest BCUT2D eigenvalue weighted by Gasteiger charge is -2.36. The molecule has 0 atom stereocenters. The first-order valence-corrected chi connectivity index (χ1v) is 14.6. The SMILES string of the molecule is CC(C)(C)c1ccc(CC(C)(C)c2ccc(CC(C)(C)P(c3ccccc3)c3ccccc3)nc2)cn1. The molecule has 0 aliphatic carbocycles. The van der Waals surface area contributed by atoms with Gasteiger partial charge in [-0.1, -0.05) is 121 Å². The predicted molar refractivity (Wildman–Crippen MR) is 161 cm³/mol. The van der Waals surface area contributed by atoms with Gasteiger partial charge in [0, 0.05) is 29.2 Å². The zero-order chi connectivity index (χ0) is 26.7. The summed E-state index contributed by atoms with van der Waals surface area (Å²) >= 11 is 0. The molecule has 0 fully saturated rings. The van der Waals surface area contributed by atoms with Crippen molar-refractivity contribution in [1.29, 1.82) is 0 Å². The Kier molecular flexibility index (Phi) is 8.00. The van der Waals surface area contributed by atoms with Gasteiger partial charge in [-0.25, -0.2) is 0 Å². The van der Waals surface area contributed by atoms with Crippen LogP contribution in [0, 0.1) is 0 Å². The van der Waals surface area contributed by atoms with Gasteiger partial charge in [0.25, 0.3) is 0 Å². The van der Waals surface area contributed by atoms with Gasteiger partial charge in [0.2, 0.25) is 0 Å². The molecule has 4 rings (SSSR count). The molecular weight excluding hydrogens is 467 g/mol. The summed E-state index contributed by atoms with van der Waals surface area (Å²) in [4.78, 5) is 9.72. The van der Waals surface area contributed by atoms with E-state index in [1.807, 2.05) is 6.20 Å². The maximum atomic E-state index is 4.98. The van der Waals surface area contributed by atoms with Crippen molar-refractivity contribution in [3.8, 4) is 0 Å². The molecule has 37 heavy (non-hydrogen) atoms. The van der Waals surface area contributed by atoms with Crippen LogP contribution in [-0.4, -0.2) is 15.1 Å². The predicted octanol–water partition coefficient (Wildman–Crippen LogP) is 7.75. The van der Waals surface area contributed by atoms with E-state index in [9.17, 15) is 0 Å². The van der Waals surface area contributed by atoms with E-state index in [0.29, 0.717) is 0 Å². The lowest BCUT2D eigenvalue weighted by atomic mass is 9.80. The molecule has 0 amide bonds. The first-order valence-electron chi connectivity index (χ1n) is 13.3. The maximum Gasteiger partial charge on any atom is 0.0457 e. The Morgan fingerprint density at radius 2 is 1.19 bits per heavy atom. The van der Waals surface area contributed by atoms with Gasteiger partial charge in [-0.2, -0.15) is 0 Å². The molecule has 0 spiro atoms. The van der Waals surface area contributed by atoms with Gasteiger partial charge < -0.3 is 0 Å². The molecule has 0 aliphatic heterocycles. The van der Waals surface area contributed by atoms with E-state index in [2.05, 4.69) is 140 Å². The smallest absolute Gasteiger partial charge is 0.0457 e. The van der Waals surface area contributed by atoms with Crippen LogP contribution in [0.1, 0.15) is 71.0 Å². The molecule has 2 heterocycles. The van der Waals surface area contributed by atoms with Crippen LogP contribution in [0.25, 0.3) is 0 Å². The zero-order valence-corrected chi connectivity index (χ0v) is 24.4. The van der Waals surface area contributed by atoms with E-state index in [-0.39, 0.29) is 16.0 Å². The highest BCUT2D eigenvalue weighted by molar-refractivity contribution is 7.74. The summed E-state index contributed by atoms with van der Waals surface area (Å²) in [5.74, 6) is 0. The third kappa shape index (κ3) is 6.74. The third-order valence-electron chi connectivity index (χ3n) is 7.09. The van der Waals surface area contributed by atoms with Gasteiger partial charge in [0.05, 0.1) is 0 Å². The van der Waals surface area contributed by atoms with Gasteiger partial charge in [0.15, 0.2) is 0 Å². The Labute approximate surface area is 225 Å². The molecule has 0 unspecified atom stereocenters. The quantitative estimate of drug-likeness (QED) is 0.227. The minimum absolute atomic E-state index is 0.0212. The first kappa shape index (κ1) is 27.2. The first-order chi connectivity index (χ1) is 17.5. The summed E-state index contributed by atoms with van der Waals surface area (Å²) in [6, 6.07) is 30.9. The fourth-order valence-corrected chi connectivity index (χ4v) is 8.00. The average Bonchev–Trinajstić information content (AvgIpc) is 2.85. The van der Waals surface area contributed by atoms with Crippen molar-refractivity contribution >= 4 is 18.5 Å². The molecule has 0 bridgehead atoms. The summed E-state index contributed by atoms with van der Waals surface area (Å²) in [6.45, 7) is 16.0. The van der Waals surface area contributed by atoms with Gasteiger partial charge >= 0.3 is 0 Å². The largest absolute Gasteiger partial charge is 0.261 e. The minimum Gasteiger partial charge on any atom is -0.261 e. The third-order valence-corrected chi connectivity index (χ3v) is 10.1. The molecule has 0 aliphatic rings. The molecule has 192 valence electrons. The Morgan fingerprint density at radius 3 is 1.65 bits per heavy atom. The van der Waals surface area contributed by atoms with E-state index in [4.69, 9.17) is 9.97 Å². The Balaban J connectivity index is 1.52. The van der Waals surface area contributed by atoms with Crippen molar-refractivity contribution in [2.75, 3.05) is 0 Å². The Bertz CT molecular complexity index is 1230. The number of hydrogen-bond donors (Lipinski definition) is 0. The van der Waals surface area contributed by atoms with E-state index >= 15 is 0 Å². The second kappa shape index (κ2) is 10.9. The van der Waals surface area contributed by atoms with Crippen molar-refractivity contribution in [1.82, 2.24) is 9.97 Å². The summed E-state index contributed by atoms with van der Waals surface area (Å²) in [5.41, 5.74) is 4.87. The number of benzene rings is 2. The molecule has 3 heteroatoms. The van der Waals surface area contributed by atoms with E-state index in [1.165, 1.54) is 21.7 Å². The molecule has 0 saturated carbocycles. The van der Waals surface area contributed by atoms with Gasteiger partial charge in [0.1, 0.15) is 0 Å². The summed E-state index contributed by atoms with van der Waals surface area (Å²) in [6.07, 6.45) is 6.00. The van der Waals surface area contributed by atoms with Crippen LogP contribution < -0.4 is 10.6 Å². The van der Waals surface area contributed by atoms with Gasteiger partial charge in [-0.05, 0) is 65.2 Å². The fourth-order valence-electron chi connectivity index (χ4n) is 5.04. The number of nitrogens with zero attached hydrogens (tertiary/aromatic N) is 2. The maximum absolute atomic E-state index is 4.98. The van der Waals surface area contributed by atoms with Crippen molar-refractivity contribution in [3.05, 3.63) is 120 Å². The lowest BCUT2D eigenvalue weighted by Crippen LogP contribution is -2.31. The second-order valence-electron chi connectivity index (χ2n) is 12.4. The highest BCUT2D eigenvalue weighted by Crippen LogP contribution is 2.49. The van der Waals surface area contributed by atoms with Crippen LogP contribution in [0.4, 0.5) is 0 Å². The van der Waals surface area contributed by atoms with Gasteiger partial charge in [-0.15, -0.1) is 0 Å². The number of rotatable bonds is 8. The number of pyridine rings is 2. The topological polar surface area (TPSA) is 25.8 Å². The van der Waals surface area contributed by atoms with Crippen molar-refractivity contribution in [3.63, 3.8) is 0 Å². The van der Waals surface area contributed by atoms with E-state index in [0.717, 1.165) is 24.2 Å². The van der Waals surface area contributed by atoms with Crippen molar-refractivity contribution in [2.24, 2.45) is 0 Å². The van der Waals surface area contributed by atoms with Crippen LogP contribution in [-0.2, 0) is 23.7 Å². The Morgan fingerprint density at radius 1 is 0.595 bits per heavy atom. The number of aromatic nitrogens is 2. The normalized spacial score (nSPS) is 12.6. The molecule has 4 aromatic rings. The minimum atomic E-state index is -0.540. The van der Waals surface area contributed by atoms with Gasteiger partial charge in [-0.3, -0.25) is 9.97 Å². The monoisotopic (exact) mass is 508 g/mol. The van der Waals surface area contributed by atoms with Crippen LogP contribution in [0.5, 0.6) is 0 Å². The van der Waals surface area contributed by atoms with E-state index in [1.54, 1.807) is 0 Å². The molecular formula is C34H41N2P. The summed E-state index contributed by atoms with van der Waals surface area (Å²) < 4.78 is 0. The van der Waals surface area contributed by atoms with Crippen LogP contribution in [0.15, 0.2) is 97.3 Å². The standard InChI is InChI=1S/C34H41N2P/c1-32(2,3)31-21-18-26(24-36-31)22-33(4,5)27-19-20-28(35-25-27)23-34(6,7)37(29-14-10-8-11-15-29)30-16-12-9-13-17-30/h8-21,24-25H,22-23H2,1-7H3. The summed E-state index contributed by atoms with van der Waals surface area (Å²) in [7, 11) is -0.540. The number of hydrogen-bond acceptors (Lipinski definition) is 2. The van der Waals surface area contributed by atoms with Crippen LogP contribution >= 0.6 is 7.92 Å². The van der Waals surface area contributed by atoms with Crippen molar-refractivity contribution < 1.29 is 0 Å². The molecule has 2 aromatic heterocycles. The average molecular weight is 509 g/mol. The van der Waals surface area contributed by atoms with E-state index < -0.39 is 7.92 Å². The zero-order valence-electron chi connectivity index (χ0n) is 23.5. The van der Waals surface area contributed by atoms with Crippen molar-refractivity contribution in [2.45, 2.75) is 77.3 Å². The molecule has 0 N–H and O–H groups in total. The fraction of sp³-hybridized carbons (Fsp3) is 0.353. The lowest BCUT2D eigenvalue weighted by molar-refractivity contribution is 0.516. The molecule has 2 nitrogen and oxygen atoms in total.